The van der Waals surface area contributed by atoms with Crippen LogP contribution in [0.4, 0.5) is 0 Å². The van der Waals surface area contributed by atoms with Gasteiger partial charge in [-0.2, -0.15) is 0 Å². The van der Waals surface area contributed by atoms with E-state index in [1.807, 2.05) is 36.4 Å². The summed E-state index contributed by atoms with van der Waals surface area (Å²) in [6.45, 7) is 4.51. The monoisotopic (exact) mass is 401 g/mol. The van der Waals surface area contributed by atoms with Crippen LogP contribution in [0.15, 0.2) is 64.9 Å². The van der Waals surface area contributed by atoms with Crippen LogP contribution < -0.4 is 0 Å². The van der Waals surface area contributed by atoms with Gasteiger partial charge in [-0.25, -0.2) is 8.42 Å². The highest BCUT2D eigenvalue weighted by Gasteiger charge is 2.30. The van der Waals surface area contributed by atoms with Gasteiger partial charge in [-0.1, -0.05) is 36.4 Å². The molecule has 27 heavy (non-hydrogen) atoms. The van der Waals surface area contributed by atoms with E-state index in [1.54, 1.807) is 11.0 Å². The van der Waals surface area contributed by atoms with E-state index in [0.29, 0.717) is 6.54 Å². The Kier molecular flexibility index (Phi) is 6.07. The van der Waals surface area contributed by atoms with E-state index in [0.717, 1.165) is 10.5 Å². The van der Waals surface area contributed by atoms with Crippen LogP contribution >= 0.6 is 11.8 Å². The average molecular weight is 402 g/mol. The molecule has 0 aromatic heterocycles. The van der Waals surface area contributed by atoms with Crippen molar-refractivity contribution in [1.29, 1.82) is 0 Å². The topological polar surface area (TPSA) is 54.5 Å². The summed E-state index contributed by atoms with van der Waals surface area (Å²) < 4.78 is 23.7. The lowest BCUT2D eigenvalue weighted by Crippen LogP contribution is -2.41. The molecule has 1 heterocycles. The molecule has 1 aliphatic rings. The van der Waals surface area contributed by atoms with Crippen molar-refractivity contribution < 1.29 is 13.2 Å². The maximum atomic E-state index is 12.9. The van der Waals surface area contributed by atoms with Gasteiger partial charge in [-0.15, -0.1) is 11.8 Å². The Balaban J connectivity index is 1.74. The quantitative estimate of drug-likeness (QED) is 0.692. The summed E-state index contributed by atoms with van der Waals surface area (Å²) >= 11 is 1.48. The fourth-order valence-electron chi connectivity index (χ4n) is 2.96. The molecule has 0 fully saturated rings. The largest absolute Gasteiger partial charge is 0.330 e. The van der Waals surface area contributed by atoms with Crippen molar-refractivity contribution in [2.75, 3.05) is 11.5 Å². The summed E-state index contributed by atoms with van der Waals surface area (Å²) in [5, 5.41) is 1.22. The molecule has 6 heteroatoms. The predicted molar refractivity (Wildman–Crippen MR) is 110 cm³/mol. The van der Waals surface area contributed by atoms with E-state index >= 15 is 0 Å². The Morgan fingerprint density at radius 1 is 1.11 bits per heavy atom. The molecule has 0 unspecified atom stereocenters. The molecule has 3 rings (SSSR count). The van der Waals surface area contributed by atoms with Gasteiger partial charge in [-0.05, 0) is 48.7 Å². The van der Waals surface area contributed by atoms with E-state index in [4.69, 9.17) is 0 Å². The fraction of sp³-hybridized carbons (Fsp3) is 0.286. The van der Waals surface area contributed by atoms with Gasteiger partial charge in [0.15, 0.2) is 9.84 Å². The first-order valence-corrected chi connectivity index (χ1v) is 11.5. The van der Waals surface area contributed by atoms with Crippen LogP contribution in [0.3, 0.4) is 0 Å². The number of aryl methyl sites for hydroxylation is 2. The van der Waals surface area contributed by atoms with Crippen molar-refractivity contribution in [3.05, 3.63) is 76.7 Å². The Bertz CT molecular complexity index is 953. The molecular formula is C21H23NO3S2. The number of nitrogens with zero attached hydrogens (tertiary/aromatic N) is 1. The first-order valence-electron chi connectivity index (χ1n) is 8.78. The van der Waals surface area contributed by atoms with Crippen LogP contribution in [-0.4, -0.2) is 36.8 Å². The van der Waals surface area contributed by atoms with Crippen molar-refractivity contribution >= 4 is 27.5 Å². The van der Waals surface area contributed by atoms with Crippen molar-refractivity contribution in [3.63, 3.8) is 0 Å². The Morgan fingerprint density at radius 2 is 1.85 bits per heavy atom. The third kappa shape index (κ3) is 5.23. The number of hydrogen-bond acceptors (Lipinski definition) is 4. The highest BCUT2D eigenvalue weighted by Crippen LogP contribution is 2.24. The highest BCUT2D eigenvalue weighted by molar-refractivity contribution is 8.00. The Hall–Kier alpha value is -2.05. The third-order valence-electron chi connectivity index (χ3n) is 4.67. The average Bonchev–Trinajstić information content (AvgIpc) is 3.01. The van der Waals surface area contributed by atoms with E-state index in [1.165, 1.54) is 28.3 Å². The molecule has 0 N–H and O–H groups in total. The van der Waals surface area contributed by atoms with Crippen LogP contribution in [0.25, 0.3) is 0 Å². The maximum Gasteiger partial charge on any atom is 0.233 e. The minimum absolute atomic E-state index is 0.0418. The van der Waals surface area contributed by atoms with Gasteiger partial charge in [0.25, 0.3) is 0 Å². The smallest absolute Gasteiger partial charge is 0.233 e. The van der Waals surface area contributed by atoms with Gasteiger partial charge < -0.3 is 4.90 Å². The summed E-state index contributed by atoms with van der Waals surface area (Å²) in [5.74, 6) is 0.174. The van der Waals surface area contributed by atoms with Crippen molar-refractivity contribution in [1.82, 2.24) is 4.90 Å². The van der Waals surface area contributed by atoms with Crippen LogP contribution in [0.1, 0.15) is 16.7 Å². The lowest BCUT2D eigenvalue weighted by atomic mass is 10.1. The molecular weight excluding hydrogens is 378 g/mol. The number of carbonyl (C=O) groups is 1. The van der Waals surface area contributed by atoms with Gasteiger partial charge in [0.05, 0.1) is 17.5 Å². The molecule has 0 saturated heterocycles. The Labute approximate surface area is 165 Å². The Morgan fingerprint density at radius 3 is 2.48 bits per heavy atom. The van der Waals surface area contributed by atoms with E-state index in [-0.39, 0.29) is 17.4 Å². The van der Waals surface area contributed by atoms with Crippen molar-refractivity contribution in [3.8, 4) is 0 Å². The second-order valence-electron chi connectivity index (χ2n) is 6.77. The van der Waals surface area contributed by atoms with E-state index in [2.05, 4.69) is 26.0 Å². The van der Waals surface area contributed by atoms with Crippen molar-refractivity contribution in [2.24, 2.45) is 0 Å². The molecule has 4 nitrogen and oxygen atoms in total. The minimum atomic E-state index is -3.23. The zero-order chi connectivity index (χ0) is 19.4. The lowest BCUT2D eigenvalue weighted by molar-refractivity contribution is -0.130. The summed E-state index contributed by atoms with van der Waals surface area (Å²) in [5.41, 5.74) is 3.40. The minimum Gasteiger partial charge on any atom is -0.330 e. The molecule has 1 aliphatic heterocycles. The number of carbonyl (C=O) groups excluding carboxylic acids is 1. The lowest BCUT2D eigenvalue weighted by Gasteiger charge is -2.27. The summed E-state index contributed by atoms with van der Waals surface area (Å²) in [6, 6.07) is 15.4. The molecule has 0 aliphatic carbocycles. The van der Waals surface area contributed by atoms with Crippen molar-refractivity contribution in [2.45, 2.75) is 31.3 Å². The zero-order valence-electron chi connectivity index (χ0n) is 15.5. The fourth-order valence-corrected chi connectivity index (χ4v) is 5.13. The SMILES string of the molecule is Cc1ccc(SCC(=O)N(Cc2ccccc2)[C@H]2C=CS(=O)(=O)C2)cc1C. The molecule has 2 aromatic rings. The van der Waals surface area contributed by atoms with E-state index in [9.17, 15) is 13.2 Å². The zero-order valence-corrected chi connectivity index (χ0v) is 17.1. The molecule has 0 radical (unpaired) electrons. The molecule has 142 valence electrons. The number of amides is 1. The van der Waals surface area contributed by atoms with E-state index < -0.39 is 15.9 Å². The molecule has 0 bridgehead atoms. The van der Waals surface area contributed by atoms with Crippen LogP contribution in [0, 0.1) is 13.8 Å². The first-order chi connectivity index (χ1) is 12.8. The molecule has 1 amide bonds. The summed E-state index contributed by atoms with van der Waals surface area (Å²) in [6.07, 6.45) is 1.62. The normalized spacial score (nSPS) is 17.8. The second-order valence-corrected chi connectivity index (χ2v) is 9.75. The number of rotatable bonds is 6. The van der Waals surface area contributed by atoms with Gasteiger partial charge in [-0.3, -0.25) is 4.79 Å². The summed E-state index contributed by atoms with van der Waals surface area (Å²) in [7, 11) is -3.23. The van der Waals surface area contributed by atoms with Gasteiger partial charge in [0.1, 0.15) is 0 Å². The maximum absolute atomic E-state index is 12.9. The third-order valence-corrected chi connectivity index (χ3v) is 7.02. The van der Waals surface area contributed by atoms with Crippen LogP contribution in [0.5, 0.6) is 0 Å². The molecule has 0 saturated carbocycles. The first kappa shape index (κ1) is 19.7. The van der Waals surface area contributed by atoms with Crippen LogP contribution in [-0.2, 0) is 21.2 Å². The number of sulfone groups is 1. The summed E-state index contributed by atoms with van der Waals surface area (Å²) in [4.78, 5) is 15.7. The molecule has 1 atom stereocenters. The molecule has 0 spiro atoms. The standard InChI is InChI=1S/C21H23NO3S2/c1-16-8-9-20(12-17(16)2)26-14-21(23)22(13-18-6-4-3-5-7-18)19-10-11-27(24,25)15-19/h3-12,19H,13-15H2,1-2H3/t19-/m0/s1. The second kappa shape index (κ2) is 8.31. The van der Waals surface area contributed by atoms with Gasteiger partial charge in [0, 0.05) is 16.8 Å². The highest BCUT2D eigenvalue weighted by atomic mass is 32.2. The van der Waals surface area contributed by atoms with Gasteiger partial charge in [0.2, 0.25) is 5.91 Å². The van der Waals surface area contributed by atoms with Crippen LogP contribution in [0.2, 0.25) is 0 Å². The predicted octanol–water partition coefficient (Wildman–Crippen LogP) is 3.74. The molecule has 2 aromatic carbocycles. The number of thioether (sulfide) groups is 1. The number of hydrogen-bond donors (Lipinski definition) is 0. The van der Waals surface area contributed by atoms with Gasteiger partial charge >= 0.3 is 0 Å². The number of benzene rings is 2.